The molecule has 0 aliphatic rings. The molecule has 0 radical (unpaired) electrons. The van der Waals surface area contributed by atoms with Gasteiger partial charge in [-0.05, 0) is 37.1 Å². The fourth-order valence-corrected chi connectivity index (χ4v) is 2.42. The van der Waals surface area contributed by atoms with E-state index in [9.17, 15) is 9.50 Å². The molecular weight excluding hydrogens is 286 g/mol. The second kappa shape index (κ2) is 5.49. The van der Waals surface area contributed by atoms with Gasteiger partial charge in [-0.1, -0.05) is 41.4 Å². The summed E-state index contributed by atoms with van der Waals surface area (Å²) in [6.45, 7) is 3.48. The molecule has 0 heterocycles. The van der Waals surface area contributed by atoms with E-state index in [0.717, 1.165) is 5.56 Å². The maximum atomic E-state index is 13.4. The molecule has 100 valence electrons. The van der Waals surface area contributed by atoms with E-state index in [1.165, 1.54) is 6.07 Å². The third kappa shape index (κ3) is 2.76. The highest BCUT2D eigenvalue weighted by atomic mass is 35.5. The highest BCUT2D eigenvalue weighted by Crippen LogP contribution is 2.34. The van der Waals surface area contributed by atoms with Crippen LogP contribution in [0.5, 0.6) is 0 Å². The van der Waals surface area contributed by atoms with Crippen molar-refractivity contribution in [2.24, 2.45) is 0 Å². The number of aliphatic hydroxyl groups is 1. The standard InChI is InChI=1S/C15H13Cl2FO/c1-8-4-3-5-10(14(8)17)15(19)11-6-9(2)13(18)7-12(11)16/h3-7,15,19H,1-2H3. The van der Waals surface area contributed by atoms with Gasteiger partial charge in [-0.3, -0.25) is 0 Å². The van der Waals surface area contributed by atoms with Crippen LogP contribution in [0, 0.1) is 19.7 Å². The molecular formula is C15H13Cl2FO. The van der Waals surface area contributed by atoms with Crippen molar-refractivity contribution in [1.29, 1.82) is 0 Å². The molecule has 1 atom stereocenters. The number of benzene rings is 2. The van der Waals surface area contributed by atoms with Crippen LogP contribution in [0.1, 0.15) is 28.4 Å². The van der Waals surface area contributed by atoms with Crippen LogP contribution in [-0.2, 0) is 0 Å². The first-order valence-electron chi connectivity index (χ1n) is 5.80. The lowest BCUT2D eigenvalue weighted by Crippen LogP contribution is -2.03. The predicted octanol–water partition coefficient (Wildman–Crippen LogP) is 4.83. The Hall–Kier alpha value is -1.09. The second-order valence-corrected chi connectivity index (χ2v) is 5.29. The van der Waals surface area contributed by atoms with Gasteiger partial charge >= 0.3 is 0 Å². The maximum Gasteiger partial charge on any atom is 0.127 e. The Labute approximate surface area is 121 Å². The zero-order chi connectivity index (χ0) is 14.2. The summed E-state index contributed by atoms with van der Waals surface area (Å²) >= 11 is 12.2. The van der Waals surface area contributed by atoms with Crippen molar-refractivity contribution in [3.05, 3.63) is 68.4 Å². The molecule has 2 aromatic rings. The van der Waals surface area contributed by atoms with Gasteiger partial charge in [0.2, 0.25) is 0 Å². The second-order valence-electron chi connectivity index (χ2n) is 4.50. The lowest BCUT2D eigenvalue weighted by atomic mass is 9.98. The van der Waals surface area contributed by atoms with Crippen LogP contribution in [0.3, 0.4) is 0 Å². The molecule has 19 heavy (non-hydrogen) atoms. The van der Waals surface area contributed by atoms with Crippen LogP contribution in [-0.4, -0.2) is 5.11 Å². The van der Waals surface area contributed by atoms with Crippen LogP contribution in [0.15, 0.2) is 30.3 Å². The van der Waals surface area contributed by atoms with E-state index in [2.05, 4.69) is 0 Å². The van der Waals surface area contributed by atoms with E-state index >= 15 is 0 Å². The molecule has 1 unspecified atom stereocenters. The molecule has 0 aromatic heterocycles. The van der Waals surface area contributed by atoms with E-state index < -0.39 is 11.9 Å². The first kappa shape index (κ1) is 14.3. The summed E-state index contributed by atoms with van der Waals surface area (Å²) in [6, 6.07) is 8.15. The van der Waals surface area contributed by atoms with Crippen molar-refractivity contribution in [2.75, 3.05) is 0 Å². The summed E-state index contributed by atoms with van der Waals surface area (Å²) in [5.41, 5.74) is 2.32. The molecule has 4 heteroatoms. The van der Waals surface area contributed by atoms with Crippen LogP contribution in [0.25, 0.3) is 0 Å². The summed E-state index contributed by atoms with van der Waals surface area (Å²) < 4.78 is 13.4. The Morgan fingerprint density at radius 1 is 1.05 bits per heavy atom. The number of rotatable bonds is 2. The zero-order valence-electron chi connectivity index (χ0n) is 10.5. The van der Waals surface area contributed by atoms with Crippen molar-refractivity contribution in [2.45, 2.75) is 20.0 Å². The van der Waals surface area contributed by atoms with Gasteiger partial charge in [0.05, 0.1) is 0 Å². The molecule has 2 rings (SSSR count). The molecule has 0 saturated heterocycles. The van der Waals surface area contributed by atoms with E-state index in [4.69, 9.17) is 23.2 Å². The Bertz CT molecular complexity index is 626. The number of hydrogen-bond acceptors (Lipinski definition) is 1. The minimum absolute atomic E-state index is 0.188. The first-order chi connectivity index (χ1) is 8.91. The van der Waals surface area contributed by atoms with Gasteiger partial charge in [-0.15, -0.1) is 0 Å². The molecule has 0 fully saturated rings. The Morgan fingerprint density at radius 3 is 2.42 bits per heavy atom. The summed E-state index contributed by atoms with van der Waals surface area (Å²) in [5.74, 6) is -0.392. The van der Waals surface area contributed by atoms with Crippen LogP contribution < -0.4 is 0 Å². The van der Waals surface area contributed by atoms with Crippen LogP contribution in [0.4, 0.5) is 4.39 Å². The van der Waals surface area contributed by atoms with Crippen LogP contribution in [0.2, 0.25) is 10.0 Å². The molecule has 1 N–H and O–H groups in total. The average Bonchev–Trinajstić information content (AvgIpc) is 2.36. The van der Waals surface area contributed by atoms with Gasteiger partial charge in [-0.25, -0.2) is 4.39 Å². The molecule has 0 bridgehead atoms. The Balaban J connectivity index is 2.53. The molecule has 1 nitrogen and oxygen atoms in total. The molecule has 2 aromatic carbocycles. The summed E-state index contributed by atoms with van der Waals surface area (Å²) in [5, 5.41) is 11.1. The number of halogens is 3. The van der Waals surface area contributed by atoms with Gasteiger partial charge in [0.15, 0.2) is 0 Å². The van der Waals surface area contributed by atoms with Gasteiger partial charge in [0, 0.05) is 21.2 Å². The number of aryl methyl sites for hydroxylation is 2. The smallest absolute Gasteiger partial charge is 0.127 e. The fourth-order valence-electron chi connectivity index (χ4n) is 1.94. The summed E-state index contributed by atoms with van der Waals surface area (Å²) in [6.07, 6.45) is -0.973. The van der Waals surface area contributed by atoms with E-state index in [1.54, 1.807) is 19.1 Å². The van der Waals surface area contributed by atoms with Gasteiger partial charge in [0.1, 0.15) is 11.9 Å². The molecule has 0 aliphatic carbocycles. The Kier molecular flexibility index (Phi) is 4.14. The Morgan fingerprint density at radius 2 is 1.74 bits per heavy atom. The highest BCUT2D eigenvalue weighted by molar-refractivity contribution is 6.32. The molecule has 0 spiro atoms. The van der Waals surface area contributed by atoms with Crippen LogP contribution >= 0.6 is 23.2 Å². The third-order valence-electron chi connectivity index (χ3n) is 3.09. The summed E-state index contributed by atoms with van der Waals surface area (Å²) in [7, 11) is 0. The first-order valence-corrected chi connectivity index (χ1v) is 6.56. The van der Waals surface area contributed by atoms with Crippen molar-refractivity contribution < 1.29 is 9.50 Å². The van der Waals surface area contributed by atoms with Gasteiger partial charge in [0.25, 0.3) is 0 Å². The van der Waals surface area contributed by atoms with Crippen molar-refractivity contribution in [3.8, 4) is 0 Å². The average molecular weight is 299 g/mol. The van der Waals surface area contributed by atoms with E-state index in [-0.39, 0.29) is 5.02 Å². The quantitative estimate of drug-likeness (QED) is 0.842. The van der Waals surface area contributed by atoms with E-state index in [0.29, 0.717) is 21.7 Å². The number of aliphatic hydroxyl groups excluding tert-OH is 1. The minimum atomic E-state index is -0.973. The molecule has 0 saturated carbocycles. The lowest BCUT2D eigenvalue weighted by molar-refractivity contribution is 0.220. The van der Waals surface area contributed by atoms with E-state index in [1.807, 2.05) is 19.1 Å². The van der Waals surface area contributed by atoms with Crippen molar-refractivity contribution in [3.63, 3.8) is 0 Å². The zero-order valence-corrected chi connectivity index (χ0v) is 12.1. The SMILES string of the molecule is Cc1cc(C(O)c2cccc(C)c2Cl)c(Cl)cc1F. The fraction of sp³-hybridized carbons (Fsp3) is 0.200. The topological polar surface area (TPSA) is 20.2 Å². The van der Waals surface area contributed by atoms with Gasteiger partial charge < -0.3 is 5.11 Å². The number of hydrogen-bond donors (Lipinski definition) is 1. The normalized spacial score (nSPS) is 12.5. The van der Waals surface area contributed by atoms with Gasteiger partial charge in [-0.2, -0.15) is 0 Å². The maximum absolute atomic E-state index is 13.4. The summed E-state index contributed by atoms with van der Waals surface area (Å²) in [4.78, 5) is 0. The van der Waals surface area contributed by atoms with Crippen molar-refractivity contribution >= 4 is 23.2 Å². The molecule has 0 amide bonds. The minimum Gasteiger partial charge on any atom is -0.384 e. The lowest BCUT2D eigenvalue weighted by Gasteiger charge is -2.16. The largest absolute Gasteiger partial charge is 0.384 e. The predicted molar refractivity (Wildman–Crippen MR) is 76.4 cm³/mol. The molecule has 0 aliphatic heterocycles. The highest BCUT2D eigenvalue weighted by Gasteiger charge is 2.19. The third-order valence-corrected chi connectivity index (χ3v) is 3.93. The monoisotopic (exact) mass is 298 g/mol. The van der Waals surface area contributed by atoms with Crippen molar-refractivity contribution in [1.82, 2.24) is 0 Å².